The van der Waals surface area contributed by atoms with E-state index in [1.54, 1.807) is 0 Å². The van der Waals surface area contributed by atoms with E-state index < -0.39 is 11.0 Å². The molecular formula is C18H28Cl4N4Pt+4. The van der Waals surface area contributed by atoms with Crippen LogP contribution >= 0.6 is 46.4 Å². The van der Waals surface area contributed by atoms with Crippen molar-refractivity contribution in [3.05, 3.63) is 0 Å². The number of hydrogen-bond acceptors (Lipinski definition) is 4. The van der Waals surface area contributed by atoms with Crippen LogP contribution in [0.15, 0.2) is 0 Å². The van der Waals surface area contributed by atoms with E-state index in [4.69, 9.17) is 68.4 Å². The molecule has 8 atom stereocenters. The van der Waals surface area contributed by atoms with Crippen molar-refractivity contribution in [2.45, 2.75) is 73.1 Å². The van der Waals surface area contributed by atoms with Gasteiger partial charge in [-0.05, 0) is 37.5 Å². The monoisotopic (exact) mass is 635 g/mol. The van der Waals surface area contributed by atoms with Crippen LogP contribution in [0.3, 0.4) is 0 Å². The second kappa shape index (κ2) is 14.7. The summed E-state index contributed by atoms with van der Waals surface area (Å²) in [5.41, 5.74) is 9.93. The molecule has 4 N–H and O–H groups in total. The van der Waals surface area contributed by atoms with Crippen LogP contribution in [-0.2, 0) is 21.1 Å². The summed E-state index contributed by atoms with van der Waals surface area (Å²) in [6.07, 6.45) is 8.35. The summed E-state index contributed by atoms with van der Waals surface area (Å²) in [5.74, 6) is 0.433. The Bertz CT molecular complexity index is 451. The standard InChI is InChI=1S/2C9H14Cl2N2.Pt/c2*10-8(9(11)13)7-4-2-1-3-6(7)5-12;/h2*6-9H,1-4,13H2;/q;;+4. The summed E-state index contributed by atoms with van der Waals surface area (Å²) in [6.45, 7) is 0. The van der Waals surface area contributed by atoms with E-state index in [1.807, 2.05) is 0 Å². The maximum atomic E-state index is 8.90. The number of rotatable bonds is 4. The second-order valence-electron chi connectivity index (χ2n) is 7.15. The number of alkyl halides is 4. The van der Waals surface area contributed by atoms with Gasteiger partial charge in [-0.25, -0.2) is 0 Å². The Labute approximate surface area is 197 Å². The topological polar surface area (TPSA) is 99.6 Å². The first-order valence-corrected chi connectivity index (χ1v) is 10.9. The first-order valence-electron chi connectivity index (χ1n) is 9.20. The minimum atomic E-state index is -0.541. The van der Waals surface area contributed by atoms with E-state index in [1.165, 1.54) is 0 Å². The third-order valence-corrected chi connectivity index (χ3v) is 7.39. The summed E-state index contributed by atoms with van der Waals surface area (Å²) in [6, 6.07) is 4.58. The van der Waals surface area contributed by atoms with Crippen molar-refractivity contribution in [1.29, 1.82) is 10.5 Å². The number of hydrogen-bond donors (Lipinski definition) is 2. The molecule has 154 valence electrons. The SMILES string of the molecule is N#CC1CCCCC1C(Cl)C(N)Cl.N#CC1CCCCC1C(Cl)C(N)Cl.[Pt+4]. The van der Waals surface area contributed by atoms with Gasteiger partial charge in [0.1, 0.15) is 0 Å². The van der Waals surface area contributed by atoms with Gasteiger partial charge in [-0.2, -0.15) is 10.5 Å². The third-order valence-electron chi connectivity index (χ3n) is 5.40. The maximum absolute atomic E-state index is 8.90. The van der Waals surface area contributed by atoms with Crippen molar-refractivity contribution in [3.8, 4) is 12.1 Å². The molecule has 4 nitrogen and oxygen atoms in total. The average Bonchev–Trinajstić information content (AvgIpc) is 2.66. The zero-order chi connectivity index (χ0) is 19.7. The second-order valence-corrected chi connectivity index (χ2v) is 9.16. The molecule has 0 saturated heterocycles. The van der Waals surface area contributed by atoms with E-state index >= 15 is 0 Å². The van der Waals surface area contributed by atoms with E-state index in [2.05, 4.69) is 12.1 Å². The molecule has 2 fully saturated rings. The van der Waals surface area contributed by atoms with E-state index in [0.29, 0.717) is 0 Å². The summed E-state index contributed by atoms with van der Waals surface area (Å²) in [4.78, 5) is 0. The summed E-state index contributed by atoms with van der Waals surface area (Å²) in [5, 5.41) is 17.3. The average molecular weight is 637 g/mol. The molecule has 2 rings (SSSR count). The predicted octanol–water partition coefficient (Wildman–Crippen LogP) is 4.89. The van der Waals surface area contributed by atoms with Gasteiger partial charge in [0.25, 0.3) is 0 Å². The van der Waals surface area contributed by atoms with Gasteiger partial charge in [0, 0.05) is 0 Å². The first kappa shape index (κ1) is 27.7. The van der Waals surface area contributed by atoms with Crippen LogP contribution in [0, 0.1) is 46.3 Å². The molecule has 2 aliphatic carbocycles. The van der Waals surface area contributed by atoms with Gasteiger partial charge in [-0.1, -0.05) is 25.7 Å². The van der Waals surface area contributed by atoms with Gasteiger partial charge in [0.05, 0.1) is 45.7 Å². The van der Waals surface area contributed by atoms with Crippen LogP contribution in [0.5, 0.6) is 0 Å². The van der Waals surface area contributed by atoms with Crippen molar-refractivity contribution in [1.82, 2.24) is 0 Å². The smallest absolute Gasteiger partial charge is 0.314 e. The van der Waals surface area contributed by atoms with Crippen LogP contribution in [0.25, 0.3) is 0 Å². The maximum Gasteiger partial charge on any atom is 4.00 e. The van der Waals surface area contributed by atoms with Gasteiger partial charge in [-0.15, -0.1) is 46.4 Å². The Morgan fingerprint density at radius 3 is 1.22 bits per heavy atom. The molecular weight excluding hydrogens is 609 g/mol. The largest absolute Gasteiger partial charge is 4.00 e. The predicted molar refractivity (Wildman–Crippen MR) is 109 cm³/mol. The van der Waals surface area contributed by atoms with Crippen LogP contribution in [0.4, 0.5) is 0 Å². The molecule has 0 radical (unpaired) electrons. The van der Waals surface area contributed by atoms with Gasteiger partial charge < -0.3 is 11.5 Å². The van der Waals surface area contributed by atoms with Crippen molar-refractivity contribution in [2.24, 2.45) is 35.1 Å². The molecule has 0 aromatic heterocycles. The minimum absolute atomic E-state index is 0. The molecule has 2 aliphatic rings. The molecule has 8 unspecified atom stereocenters. The number of nitrogens with zero attached hydrogens (tertiary/aromatic N) is 2. The summed E-state index contributed by atoms with van der Waals surface area (Å²) in [7, 11) is 0. The fourth-order valence-corrected chi connectivity index (χ4v) is 4.85. The quantitative estimate of drug-likeness (QED) is 0.339. The first-order chi connectivity index (χ1) is 12.3. The molecule has 0 bridgehead atoms. The fraction of sp³-hybridized carbons (Fsp3) is 0.889. The Morgan fingerprint density at radius 1 is 0.667 bits per heavy atom. The zero-order valence-electron chi connectivity index (χ0n) is 15.2. The molecule has 0 heterocycles. The van der Waals surface area contributed by atoms with E-state index in [0.717, 1.165) is 51.4 Å². The Kier molecular flexibility index (Phi) is 15.1. The molecule has 0 aromatic rings. The fourth-order valence-electron chi connectivity index (χ4n) is 3.87. The Hall–Kier alpha value is 0.748. The molecule has 0 aromatic carbocycles. The van der Waals surface area contributed by atoms with E-state index in [-0.39, 0.29) is 55.5 Å². The summed E-state index contributed by atoms with van der Waals surface area (Å²) < 4.78 is 0. The molecule has 27 heavy (non-hydrogen) atoms. The molecule has 0 aliphatic heterocycles. The Morgan fingerprint density at radius 2 is 0.963 bits per heavy atom. The number of halogens is 4. The van der Waals surface area contributed by atoms with E-state index in [9.17, 15) is 0 Å². The van der Waals surface area contributed by atoms with Crippen molar-refractivity contribution in [2.75, 3.05) is 0 Å². The van der Waals surface area contributed by atoms with Gasteiger partial charge >= 0.3 is 21.1 Å². The zero-order valence-corrected chi connectivity index (χ0v) is 20.4. The van der Waals surface area contributed by atoms with Crippen molar-refractivity contribution < 1.29 is 21.1 Å². The van der Waals surface area contributed by atoms with Crippen LogP contribution in [0.1, 0.15) is 51.4 Å². The van der Waals surface area contributed by atoms with Crippen molar-refractivity contribution in [3.63, 3.8) is 0 Å². The van der Waals surface area contributed by atoms with Gasteiger partial charge in [0.15, 0.2) is 0 Å². The van der Waals surface area contributed by atoms with Crippen molar-refractivity contribution >= 4 is 46.4 Å². The molecule has 0 spiro atoms. The molecule has 2 saturated carbocycles. The normalized spacial score (nSPS) is 32.1. The molecule has 0 amide bonds. The number of nitriles is 2. The minimum Gasteiger partial charge on any atom is -0.314 e. The Balaban J connectivity index is 0.000000483. The summed E-state index contributed by atoms with van der Waals surface area (Å²) >= 11 is 23.6. The third kappa shape index (κ3) is 8.96. The van der Waals surface area contributed by atoms with Gasteiger partial charge in [0.2, 0.25) is 0 Å². The van der Waals surface area contributed by atoms with Crippen LogP contribution < -0.4 is 11.5 Å². The van der Waals surface area contributed by atoms with Crippen LogP contribution in [-0.4, -0.2) is 21.8 Å². The number of nitrogens with two attached hydrogens (primary N) is 2. The van der Waals surface area contributed by atoms with Gasteiger partial charge in [-0.3, -0.25) is 0 Å². The van der Waals surface area contributed by atoms with Crippen LogP contribution in [0.2, 0.25) is 0 Å². The molecule has 9 heteroatoms.